The molecule has 0 bridgehead atoms. The summed E-state index contributed by atoms with van der Waals surface area (Å²) in [6.07, 6.45) is 0. The van der Waals surface area contributed by atoms with Crippen LogP contribution in [-0.2, 0) is 32.5 Å². The molecular formula is C72H108O12. The molecular weight excluding hydrogens is 1060 g/mol. The molecule has 0 unspecified atom stereocenters. The van der Waals surface area contributed by atoms with E-state index >= 15 is 0 Å². The van der Waals surface area contributed by atoms with Crippen molar-refractivity contribution in [2.45, 2.75) is 157 Å². The summed E-state index contributed by atoms with van der Waals surface area (Å²) < 4.78 is 63.1. The van der Waals surface area contributed by atoms with Gasteiger partial charge in [0.05, 0.1) is 85.3 Å². The first-order chi connectivity index (χ1) is 38.9. The van der Waals surface area contributed by atoms with Crippen LogP contribution < -0.4 is 56.8 Å². The van der Waals surface area contributed by atoms with Crippen molar-refractivity contribution in [3.05, 3.63) is 143 Å². The third-order valence-corrected chi connectivity index (χ3v) is 13.3. The first kappa shape index (κ1) is 74.9. The molecule has 0 heterocycles. The molecule has 0 N–H and O–H groups in total. The fourth-order valence-electron chi connectivity index (χ4n) is 8.43. The Bertz CT molecular complexity index is 2820. The molecule has 6 aromatic rings. The van der Waals surface area contributed by atoms with Crippen molar-refractivity contribution in [3.8, 4) is 69.0 Å². The van der Waals surface area contributed by atoms with Gasteiger partial charge in [-0.05, 0) is 116 Å². The molecule has 12 heteroatoms. The summed E-state index contributed by atoms with van der Waals surface area (Å²) in [5.41, 5.74) is 7.62. The van der Waals surface area contributed by atoms with Crippen molar-refractivity contribution < 1.29 is 56.8 Å². The average molecular weight is 1170 g/mol. The zero-order valence-electron chi connectivity index (χ0n) is 57.3. The van der Waals surface area contributed by atoms with Crippen LogP contribution in [0.3, 0.4) is 0 Å². The lowest BCUT2D eigenvalue weighted by atomic mass is 9.85. The maximum absolute atomic E-state index is 5.37. The van der Waals surface area contributed by atoms with Gasteiger partial charge in [0.2, 0.25) is 0 Å². The van der Waals surface area contributed by atoms with Gasteiger partial charge >= 0.3 is 0 Å². The maximum atomic E-state index is 5.37. The number of benzene rings is 6. The summed E-state index contributed by atoms with van der Waals surface area (Å²) in [5, 5.41) is 0. The molecule has 0 aromatic heterocycles. The largest absolute Gasteiger partial charge is 0.497 e. The highest BCUT2D eigenvalue weighted by molar-refractivity contribution is 5.51. The van der Waals surface area contributed by atoms with Crippen molar-refractivity contribution in [1.82, 2.24) is 0 Å². The van der Waals surface area contributed by atoms with Crippen LogP contribution in [0.5, 0.6) is 69.0 Å². The second-order valence-electron chi connectivity index (χ2n) is 25.9. The van der Waals surface area contributed by atoms with Gasteiger partial charge in [-0.15, -0.1) is 0 Å². The third kappa shape index (κ3) is 23.5. The molecule has 12 nitrogen and oxygen atoms in total. The standard InChI is InChI=1S/6C12H18O2/c1-12(2,3)9-6-10(13-4)8-11(7-9)14-5;1-12(2,3)10-8-9(13-4)6-7-11(10)14-5;1-12(2,3)10-7-6-9(13-4)8-11(10)14-5;1-12(2,3)9-6-7-10(13-4)11(8-9)14-5;1-12(2,3)11-9(13-4)7-6-8-10(11)14-5;1-12(2,3)9-7-6-8-10(13-4)11(9)14-5/h6*6-8H,1-5H3. The van der Waals surface area contributed by atoms with E-state index in [9.17, 15) is 0 Å². The van der Waals surface area contributed by atoms with E-state index in [1.54, 1.807) is 85.3 Å². The summed E-state index contributed by atoms with van der Waals surface area (Å²) in [6.45, 7) is 38.9. The molecule has 468 valence electrons. The van der Waals surface area contributed by atoms with Gasteiger partial charge in [-0.3, -0.25) is 0 Å². The third-order valence-electron chi connectivity index (χ3n) is 13.3. The molecule has 0 amide bonds. The van der Waals surface area contributed by atoms with Gasteiger partial charge in [0.1, 0.15) is 46.0 Å². The fraction of sp³-hybridized carbons (Fsp3) is 0.500. The minimum atomic E-state index is 0.0257. The number of hydrogen-bond acceptors (Lipinski definition) is 12. The number of ether oxygens (including phenoxy) is 12. The minimum absolute atomic E-state index is 0.0257. The molecule has 6 aromatic carbocycles. The predicted octanol–water partition coefficient (Wildman–Crippen LogP) is 18.0. The maximum Gasteiger partial charge on any atom is 0.164 e. The van der Waals surface area contributed by atoms with Crippen LogP contribution in [0, 0.1) is 0 Å². The number of rotatable bonds is 12. The predicted molar refractivity (Wildman–Crippen MR) is 349 cm³/mol. The Morgan fingerprint density at radius 1 is 0.214 bits per heavy atom. The quantitative estimate of drug-likeness (QED) is 0.116. The number of methoxy groups -OCH3 is 12. The van der Waals surface area contributed by atoms with Crippen LogP contribution in [0.25, 0.3) is 0 Å². The van der Waals surface area contributed by atoms with Crippen LogP contribution >= 0.6 is 0 Å². The highest BCUT2D eigenvalue weighted by Gasteiger charge is 2.25. The van der Waals surface area contributed by atoms with E-state index in [4.69, 9.17) is 56.8 Å². The van der Waals surface area contributed by atoms with Crippen molar-refractivity contribution in [2.75, 3.05) is 85.3 Å². The van der Waals surface area contributed by atoms with E-state index in [1.165, 1.54) is 27.8 Å². The average Bonchev–Trinajstić information content (AvgIpc) is 3.63. The van der Waals surface area contributed by atoms with E-state index in [1.807, 2.05) is 91.0 Å². The zero-order valence-corrected chi connectivity index (χ0v) is 57.3. The lowest BCUT2D eigenvalue weighted by Crippen LogP contribution is -2.14. The Kier molecular flexibility index (Phi) is 29.8. The van der Waals surface area contributed by atoms with Crippen LogP contribution in [0.1, 0.15) is 158 Å². The van der Waals surface area contributed by atoms with Crippen LogP contribution in [0.4, 0.5) is 0 Å². The molecule has 0 aliphatic carbocycles. The lowest BCUT2D eigenvalue weighted by Gasteiger charge is -2.24. The van der Waals surface area contributed by atoms with Gasteiger partial charge in [0.15, 0.2) is 23.0 Å². The molecule has 0 saturated heterocycles. The van der Waals surface area contributed by atoms with E-state index in [2.05, 4.69) is 143 Å². The Morgan fingerprint density at radius 3 is 0.988 bits per heavy atom. The molecule has 0 atom stereocenters. The van der Waals surface area contributed by atoms with Gasteiger partial charge in [0.25, 0.3) is 0 Å². The summed E-state index contributed by atoms with van der Waals surface area (Å²) in [4.78, 5) is 0. The Morgan fingerprint density at radius 2 is 0.607 bits per heavy atom. The molecule has 0 fully saturated rings. The smallest absolute Gasteiger partial charge is 0.164 e. The van der Waals surface area contributed by atoms with E-state index in [0.29, 0.717) is 0 Å². The van der Waals surface area contributed by atoms with Crippen molar-refractivity contribution in [2.24, 2.45) is 0 Å². The first-order valence-corrected chi connectivity index (χ1v) is 28.3. The Balaban J connectivity index is 0.000000504. The lowest BCUT2D eigenvalue weighted by molar-refractivity contribution is 0.345. The second kappa shape index (κ2) is 33.4. The first-order valence-electron chi connectivity index (χ1n) is 28.3. The normalized spacial score (nSPS) is 11.2. The summed E-state index contributed by atoms with van der Waals surface area (Å²) in [5.74, 6) is 10.2. The van der Waals surface area contributed by atoms with Crippen molar-refractivity contribution >= 4 is 0 Å². The molecule has 6 rings (SSSR count). The van der Waals surface area contributed by atoms with Crippen LogP contribution in [-0.4, -0.2) is 85.3 Å². The van der Waals surface area contributed by atoms with Crippen molar-refractivity contribution in [3.63, 3.8) is 0 Å². The molecule has 84 heavy (non-hydrogen) atoms. The summed E-state index contributed by atoms with van der Waals surface area (Å²) in [6, 6.07) is 35.7. The van der Waals surface area contributed by atoms with Gasteiger partial charge < -0.3 is 56.8 Å². The number of hydrogen-bond donors (Lipinski definition) is 0. The fourth-order valence-corrected chi connectivity index (χ4v) is 8.43. The highest BCUT2D eigenvalue weighted by atomic mass is 16.5. The van der Waals surface area contributed by atoms with Gasteiger partial charge in [-0.2, -0.15) is 0 Å². The van der Waals surface area contributed by atoms with Crippen molar-refractivity contribution in [1.29, 1.82) is 0 Å². The van der Waals surface area contributed by atoms with Gasteiger partial charge in [0, 0.05) is 28.8 Å². The molecule has 0 radical (unpaired) electrons. The monoisotopic (exact) mass is 1160 g/mol. The van der Waals surface area contributed by atoms with E-state index < -0.39 is 0 Å². The molecule has 0 spiro atoms. The van der Waals surface area contributed by atoms with Crippen LogP contribution in [0.2, 0.25) is 0 Å². The second-order valence-corrected chi connectivity index (χ2v) is 25.9. The van der Waals surface area contributed by atoms with E-state index in [-0.39, 0.29) is 32.5 Å². The highest BCUT2D eigenvalue weighted by Crippen LogP contribution is 2.41. The van der Waals surface area contributed by atoms with Gasteiger partial charge in [-0.25, -0.2) is 0 Å². The molecule has 0 aliphatic heterocycles. The van der Waals surface area contributed by atoms with E-state index in [0.717, 1.165) is 74.6 Å². The summed E-state index contributed by atoms with van der Waals surface area (Å²) >= 11 is 0. The van der Waals surface area contributed by atoms with Gasteiger partial charge in [-0.1, -0.05) is 155 Å². The SMILES string of the molecule is COc1cc(OC)cc(C(C)(C)C)c1.COc1ccc(C(C)(C)C)c(OC)c1.COc1ccc(C(C)(C)C)cc1OC.COc1ccc(OC)c(C(C)(C)C)c1.COc1cccc(C(C)(C)C)c1OC.COc1cccc(OC)c1C(C)(C)C. The number of para-hydroxylation sites is 1. The Labute approximate surface area is 508 Å². The molecule has 0 aliphatic rings. The topological polar surface area (TPSA) is 111 Å². The minimum Gasteiger partial charge on any atom is -0.497 e. The van der Waals surface area contributed by atoms with Crippen LogP contribution in [0.15, 0.2) is 109 Å². The summed E-state index contributed by atoms with van der Waals surface area (Å²) in [7, 11) is 20.0. The Hall–Kier alpha value is -7.08. The zero-order chi connectivity index (χ0) is 64.6. The molecule has 0 saturated carbocycles.